The van der Waals surface area contributed by atoms with Crippen LogP contribution in [0, 0.1) is 20.8 Å². The Morgan fingerprint density at radius 1 is 1.14 bits per heavy atom. The summed E-state index contributed by atoms with van der Waals surface area (Å²) in [5.41, 5.74) is 3.14. The lowest BCUT2D eigenvalue weighted by molar-refractivity contribution is 0.327. The Morgan fingerprint density at radius 2 is 1.76 bits per heavy atom. The molecule has 0 N–H and O–H groups in total. The van der Waals surface area contributed by atoms with E-state index in [1.54, 1.807) is 38.1 Å². The number of sulfonamides is 1. The molecular weight excluding hydrogens is 410 g/mol. The number of rotatable bonds is 7. The van der Waals surface area contributed by atoms with E-state index in [9.17, 15) is 8.42 Å². The van der Waals surface area contributed by atoms with E-state index in [2.05, 4.69) is 16.7 Å². The zero-order valence-electron chi connectivity index (χ0n) is 16.5. The number of aromatic nitrogens is 2. The molecule has 152 valence electrons. The van der Waals surface area contributed by atoms with E-state index < -0.39 is 10.0 Å². The number of hydrogen-bond donors (Lipinski definition) is 0. The molecule has 0 spiro atoms. The van der Waals surface area contributed by atoms with Crippen LogP contribution in [-0.2, 0) is 16.6 Å². The Labute approximate surface area is 175 Å². The predicted molar refractivity (Wildman–Crippen MR) is 113 cm³/mol. The number of aryl methyl sites for hydroxylation is 3. The van der Waals surface area contributed by atoms with E-state index in [1.165, 1.54) is 10.4 Å². The maximum absolute atomic E-state index is 13.4. The van der Waals surface area contributed by atoms with Crippen LogP contribution in [0.4, 0.5) is 0 Å². The summed E-state index contributed by atoms with van der Waals surface area (Å²) >= 11 is 5.90. The fraction of sp³-hybridized carbons (Fsp3) is 0.238. The number of benzene rings is 2. The van der Waals surface area contributed by atoms with Crippen LogP contribution in [0.25, 0.3) is 11.4 Å². The Kier molecular flexibility index (Phi) is 6.21. The van der Waals surface area contributed by atoms with Crippen molar-refractivity contribution in [3.05, 3.63) is 76.7 Å². The van der Waals surface area contributed by atoms with Crippen LogP contribution in [0.2, 0.25) is 5.02 Å². The average Bonchev–Trinajstić information content (AvgIpc) is 3.09. The first kappa shape index (κ1) is 21.2. The molecule has 0 unspecified atom stereocenters. The van der Waals surface area contributed by atoms with Crippen LogP contribution < -0.4 is 0 Å². The topological polar surface area (TPSA) is 76.3 Å². The molecule has 8 heteroatoms. The van der Waals surface area contributed by atoms with E-state index in [0.29, 0.717) is 26.9 Å². The molecule has 6 nitrogen and oxygen atoms in total. The van der Waals surface area contributed by atoms with Crippen LogP contribution in [-0.4, -0.2) is 29.4 Å². The summed E-state index contributed by atoms with van der Waals surface area (Å²) in [6.45, 7) is 9.28. The van der Waals surface area contributed by atoms with Crippen molar-refractivity contribution in [2.24, 2.45) is 0 Å². The summed E-state index contributed by atoms with van der Waals surface area (Å²) in [4.78, 5) is 4.63. The van der Waals surface area contributed by atoms with E-state index >= 15 is 0 Å². The highest BCUT2D eigenvalue weighted by Crippen LogP contribution is 2.27. The van der Waals surface area contributed by atoms with Crippen LogP contribution in [0.15, 0.2) is 58.5 Å². The number of halogens is 1. The van der Waals surface area contributed by atoms with Crippen molar-refractivity contribution < 1.29 is 12.9 Å². The van der Waals surface area contributed by atoms with Gasteiger partial charge in [0.15, 0.2) is 0 Å². The molecule has 1 aromatic heterocycles. The molecule has 3 rings (SSSR count). The van der Waals surface area contributed by atoms with E-state index in [-0.39, 0.29) is 19.0 Å². The minimum absolute atomic E-state index is 0.0539. The van der Waals surface area contributed by atoms with Crippen molar-refractivity contribution in [3.8, 4) is 11.4 Å². The Morgan fingerprint density at radius 3 is 2.34 bits per heavy atom. The largest absolute Gasteiger partial charge is 0.338 e. The highest BCUT2D eigenvalue weighted by molar-refractivity contribution is 7.89. The SMILES string of the molecule is C=CCN(Cc1nc(-c2ccc(Cl)cc2)no1)S(=O)(=O)c1c(C)cc(C)cc1C. The van der Waals surface area contributed by atoms with Gasteiger partial charge in [0.25, 0.3) is 0 Å². The van der Waals surface area contributed by atoms with Crippen molar-refractivity contribution in [1.82, 2.24) is 14.4 Å². The zero-order valence-corrected chi connectivity index (χ0v) is 18.1. The van der Waals surface area contributed by atoms with Gasteiger partial charge >= 0.3 is 0 Å². The van der Waals surface area contributed by atoms with Crippen molar-refractivity contribution in [3.63, 3.8) is 0 Å². The summed E-state index contributed by atoms with van der Waals surface area (Å²) in [5, 5.41) is 4.56. The molecule has 0 atom stereocenters. The fourth-order valence-corrected chi connectivity index (χ4v) is 5.18. The molecule has 3 aromatic rings. The second-order valence-electron chi connectivity index (χ2n) is 6.83. The number of nitrogens with zero attached hydrogens (tertiary/aromatic N) is 3. The molecular formula is C21H22ClN3O3S. The molecule has 0 saturated carbocycles. The second kappa shape index (κ2) is 8.49. The van der Waals surface area contributed by atoms with Gasteiger partial charge in [0, 0.05) is 17.1 Å². The summed E-state index contributed by atoms with van der Waals surface area (Å²) < 4.78 is 33.3. The summed E-state index contributed by atoms with van der Waals surface area (Å²) in [5.74, 6) is 0.568. The van der Waals surface area contributed by atoms with Gasteiger partial charge in [0.05, 0.1) is 11.4 Å². The van der Waals surface area contributed by atoms with Gasteiger partial charge in [0.2, 0.25) is 21.7 Å². The van der Waals surface area contributed by atoms with Gasteiger partial charge in [-0.05, 0) is 56.2 Å². The molecule has 1 heterocycles. The normalized spacial score (nSPS) is 11.8. The van der Waals surface area contributed by atoms with Crippen molar-refractivity contribution in [1.29, 1.82) is 0 Å². The van der Waals surface area contributed by atoms with Gasteiger partial charge in [-0.1, -0.05) is 40.5 Å². The van der Waals surface area contributed by atoms with Gasteiger partial charge in [-0.15, -0.1) is 6.58 Å². The highest BCUT2D eigenvalue weighted by atomic mass is 35.5. The van der Waals surface area contributed by atoms with Crippen LogP contribution in [0.5, 0.6) is 0 Å². The third-order valence-corrected chi connectivity index (χ3v) is 6.79. The molecule has 0 aliphatic rings. The molecule has 0 saturated heterocycles. The van der Waals surface area contributed by atoms with E-state index in [4.69, 9.17) is 16.1 Å². The second-order valence-corrected chi connectivity index (χ2v) is 9.14. The third kappa shape index (κ3) is 4.58. The summed E-state index contributed by atoms with van der Waals surface area (Å²) in [7, 11) is -3.78. The zero-order chi connectivity index (χ0) is 21.2. The minimum atomic E-state index is -3.78. The molecule has 0 aliphatic heterocycles. The Bertz CT molecular complexity index is 1120. The van der Waals surface area contributed by atoms with Gasteiger partial charge in [-0.2, -0.15) is 9.29 Å². The van der Waals surface area contributed by atoms with Crippen molar-refractivity contribution in [2.75, 3.05) is 6.54 Å². The summed E-state index contributed by atoms with van der Waals surface area (Å²) in [6, 6.07) is 10.7. The molecule has 0 bridgehead atoms. The first-order chi connectivity index (χ1) is 13.7. The fourth-order valence-electron chi connectivity index (χ4n) is 3.28. The van der Waals surface area contributed by atoms with Gasteiger partial charge in [-0.25, -0.2) is 8.42 Å². The smallest absolute Gasteiger partial charge is 0.244 e. The highest BCUT2D eigenvalue weighted by Gasteiger charge is 2.29. The maximum atomic E-state index is 13.4. The quantitative estimate of drug-likeness (QED) is 0.507. The van der Waals surface area contributed by atoms with Crippen LogP contribution in [0.1, 0.15) is 22.6 Å². The average molecular weight is 432 g/mol. The standard InChI is InChI=1S/C21H22ClN3O3S/c1-5-10-25(29(26,27)20-15(3)11-14(2)12-16(20)4)13-19-23-21(24-28-19)17-6-8-18(22)9-7-17/h5-9,11-12H,1,10,13H2,2-4H3. The lowest BCUT2D eigenvalue weighted by Crippen LogP contribution is -2.32. The molecule has 0 radical (unpaired) electrons. The third-order valence-electron chi connectivity index (χ3n) is 4.42. The molecule has 0 fully saturated rings. The lowest BCUT2D eigenvalue weighted by Gasteiger charge is -2.22. The predicted octanol–water partition coefficient (Wildman–Crippen LogP) is 4.69. The Balaban J connectivity index is 1.93. The maximum Gasteiger partial charge on any atom is 0.244 e. The van der Waals surface area contributed by atoms with Gasteiger partial charge in [0.1, 0.15) is 0 Å². The minimum Gasteiger partial charge on any atom is -0.338 e. The van der Waals surface area contributed by atoms with E-state index in [0.717, 1.165) is 11.1 Å². The lowest BCUT2D eigenvalue weighted by atomic mass is 10.1. The van der Waals surface area contributed by atoms with Crippen LogP contribution >= 0.6 is 11.6 Å². The molecule has 2 aromatic carbocycles. The van der Waals surface area contributed by atoms with Gasteiger partial charge < -0.3 is 4.52 Å². The van der Waals surface area contributed by atoms with Crippen molar-refractivity contribution in [2.45, 2.75) is 32.2 Å². The van der Waals surface area contributed by atoms with Gasteiger partial charge in [-0.3, -0.25) is 0 Å². The monoisotopic (exact) mass is 431 g/mol. The van der Waals surface area contributed by atoms with Crippen LogP contribution in [0.3, 0.4) is 0 Å². The molecule has 0 amide bonds. The first-order valence-electron chi connectivity index (χ1n) is 9.00. The molecule has 0 aliphatic carbocycles. The number of hydrogen-bond acceptors (Lipinski definition) is 5. The Hall–Kier alpha value is -2.48. The first-order valence-corrected chi connectivity index (χ1v) is 10.8. The molecule has 29 heavy (non-hydrogen) atoms. The van der Waals surface area contributed by atoms with E-state index in [1.807, 2.05) is 19.1 Å². The summed E-state index contributed by atoms with van der Waals surface area (Å²) in [6.07, 6.45) is 1.53. The van der Waals surface area contributed by atoms with Crippen molar-refractivity contribution >= 4 is 21.6 Å².